The third kappa shape index (κ3) is 27.0. The Morgan fingerprint density at radius 3 is 1.12 bits per heavy atom. The molecule has 0 atom stereocenters. The Bertz CT molecular complexity index is 4530. The Balaban J connectivity index is 0.000000243. The summed E-state index contributed by atoms with van der Waals surface area (Å²) in [5, 5.41) is 30.1. The smallest absolute Gasteiger partial charge is 0.417 e. The predicted molar refractivity (Wildman–Crippen MR) is 380 cm³/mol. The highest BCUT2D eigenvalue weighted by Crippen LogP contribution is 2.53. The van der Waals surface area contributed by atoms with Crippen molar-refractivity contribution in [1.29, 1.82) is 10.5 Å². The monoisotopic (exact) mass is 1850 g/mol. The normalized spacial score (nSPS) is 15.3. The zero-order valence-corrected chi connectivity index (χ0v) is 66.0. The van der Waals surface area contributed by atoms with Crippen molar-refractivity contribution in [2.75, 3.05) is 30.3 Å². The van der Waals surface area contributed by atoms with E-state index in [1.165, 1.54) is 20.3 Å². The molecule has 7 heterocycles. The molecule has 112 heavy (non-hydrogen) atoms. The minimum Gasteiger partial charge on any atom is -0.444 e. The summed E-state index contributed by atoms with van der Waals surface area (Å²) >= 11 is 40.4. The van der Waals surface area contributed by atoms with Crippen LogP contribution in [0.5, 0.6) is 0 Å². The van der Waals surface area contributed by atoms with Crippen LogP contribution in [0.2, 0.25) is 25.1 Å². The third-order valence-corrected chi connectivity index (χ3v) is 19.8. The van der Waals surface area contributed by atoms with Crippen LogP contribution in [0.15, 0.2) is 73.7 Å². The van der Waals surface area contributed by atoms with Gasteiger partial charge >= 0.3 is 37.0 Å². The number of nitrogens with one attached hydrogen (secondary N) is 2. The van der Waals surface area contributed by atoms with Crippen molar-refractivity contribution in [3.05, 3.63) is 178 Å². The Kier molecular flexibility index (Phi) is 32.9. The fourth-order valence-electron chi connectivity index (χ4n) is 9.79. The number of pyridine rings is 5. The number of hydrogen-bond donors (Lipinski definition) is 3. The lowest BCUT2D eigenvalue weighted by Gasteiger charge is -2.22. The maximum atomic E-state index is 13.0. The second-order valence-electron chi connectivity index (χ2n) is 25.9. The lowest BCUT2D eigenvalue weighted by molar-refractivity contribution is -0.138. The number of rotatable bonds is 15. The molecular formula is C67H61Br2Cl6F19N14O4. The van der Waals surface area contributed by atoms with E-state index in [1.807, 2.05) is 6.07 Å². The van der Waals surface area contributed by atoms with Gasteiger partial charge in [0, 0.05) is 104 Å². The summed E-state index contributed by atoms with van der Waals surface area (Å²) in [5.41, 5.74) is -1.98. The summed E-state index contributed by atoms with van der Waals surface area (Å²) < 4.78 is 244. The van der Waals surface area contributed by atoms with Gasteiger partial charge in [-0.1, -0.05) is 89.9 Å². The molecule has 612 valence electrons. The average molecular weight is 1860 g/mol. The third-order valence-electron chi connectivity index (χ3n) is 16.3. The van der Waals surface area contributed by atoms with Crippen molar-refractivity contribution in [3.63, 3.8) is 0 Å². The molecule has 4 N–H and O–H groups in total. The number of halogens is 27. The van der Waals surface area contributed by atoms with Crippen LogP contribution in [0.25, 0.3) is 0 Å². The number of nitrogens with two attached hydrogens (primary N) is 1. The van der Waals surface area contributed by atoms with Gasteiger partial charge in [0.2, 0.25) is 0 Å². The van der Waals surface area contributed by atoms with Crippen LogP contribution >= 0.6 is 101 Å². The SMILES string of the molecule is BrCCBr.CC(C)(C)OC(=O)NCC1(c2ncc(C(F)(F)F)cc2Cl)CC1.Cn1cc(C(=O)Cl)c(C(F)F)n1.Cn1cc(C(=O)NCC2(c3ncc(C(F)(F)F)cc3Cl)CC2)c(C(F)F)n1.N#CC1(c2ncc(C(F)(F)F)cc2Cl)CC1.N#CCc1ncc(C(F)(F)F)cc1Cl.NCC1(c2ncc(C(F)(F)F)cc2Cl)CC1. The highest BCUT2D eigenvalue weighted by Gasteiger charge is 2.51. The molecule has 4 aliphatic carbocycles. The summed E-state index contributed by atoms with van der Waals surface area (Å²) in [6.45, 7) is 5.84. The highest BCUT2D eigenvalue weighted by molar-refractivity contribution is 9.11. The molecule has 4 fully saturated rings. The summed E-state index contributed by atoms with van der Waals surface area (Å²) in [6, 6.07) is 7.96. The maximum Gasteiger partial charge on any atom is 0.417 e. The van der Waals surface area contributed by atoms with Crippen molar-refractivity contribution < 1.29 is 103 Å². The van der Waals surface area contributed by atoms with Crippen molar-refractivity contribution in [1.82, 2.24) is 55.1 Å². The molecule has 0 unspecified atom stereocenters. The summed E-state index contributed by atoms with van der Waals surface area (Å²) in [7, 11) is 2.85. The lowest BCUT2D eigenvalue weighted by atomic mass is 10.0. The van der Waals surface area contributed by atoms with E-state index in [-0.39, 0.29) is 78.2 Å². The molecule has 7 aromatic rings. The van der Waals surface area contributed by atoms with Gasteiger partial charge in [0.1, 0.15) is 22.4 Å². The van der Waals surface area contributed by atoms with Crippen LogP contribution in [0.3, 0.4) is 0 Å². The molecule has 2 amide bonds. The second-order valence-corrected chi connectivity index (χ2v) is 29.9. The van der Waals surface area contributed by atoms with Crippen molar-refractivity contribution >= 4 is 119 Å². The van der Waals surface area contributed by atoms with Crippen LogP contribution in [0.1, 0.15) is 173 Å². The molecule has 0 spiro atoms. The summed E-state index contributed by atoms with van der Waals surface area (Å²) in [6.07, 6.45) is -17.4. The fraction of sp³-hybridized carbons (Fsp3) is 0.463. The fourth-order valence-corrected chi connectivity index (χ4v) is 11.6. The number of ether oxygens (including phenoxy) is 1. The van der Waals surface area contributed by atoms with E-state index in [2.05, 4.69) is 77.6 Å². The van der Waals surface area contributed by atoms with Crippen LogP contribution in [0.4, 0.5) is 88.2 Å². The Labute approximate surface area is 672 Å². The number of alkyl carbamates (subject to hydrolysis) is 1. The van der Waals surface area contributed by atoms with Gasteiger partial charge in [-0.15, -0.1) is 0 Å². The Morgan fingerprint density at radius 2 is 0.848 bits per heavy atom. The first-order chi connectivity index (χ1) is 51.6. The number of aromatic nitrogens is 9. The minimum absolute atomic E-state index is 0.0154. The van der Waals surface area contributed by atoms with E-state index in [1.54, 1.807) is 26.8 Å². The minimum atomic E-state index is -4.56. The number of alkyl halides is 21. The number of amides is 2. The van der Waals surface area contributed by atoms with Gasteiger partial charge in [0.05, 0.1) is 111 Å². The van der Waals surface area contributed by atoms with Crippen molar-refractivity contribution in [3.8, 4) is 12.1 Å². The van der Waals surface area contributed by atoms with Gasteiger partial charge in [0.15, 0.2) is 0 Å². The van der Waals surface area contributed by atoms with E-state index in [0.29, 0.717) is 68.9 Å². The molecule has 0 radical (unpaired) electrons. The van der Waals surface area contributed by atoms with Gasteiger partial charge in [-0.3, -0.25) is 43.9 Å². The topological polar surface area (TPSA) is 258 Å². The molecule has 0 aliphatic heterocycles. The van der Waals surface area contributed by atoms with E-state index < -0.39 is 122 Å². The molecule has 7 aromatic heterocycles. The number of aryl methyl sites for hydroxylation is 2. The van der Waals surface area contributed by atoms with Gasteiger partial charge in [-0.2, -0.15) is 86.6 Å². The van der Waals surface area contributed by atoms with Crippen LogP contribution in [0, 0.1) is 22.7 Å². The predicted octanol–water partition coefficient (Wildman–Crippen LogP) is 20.6. The summed E-state index contributed by atoms with van der Waals surface area (Å²) in [4.78, 5) is 53.2. The maximum absolute atomic E-state index is 13.0. The number of hydrogen-bond acceptors (Lipinski definition) is 14. The lowest BCUT2D eigenvalue weighted by Crippen LogP contribution is -2.37. The van der Waals surface area contributed by atoms with Crippen LogP contribution < -0.4 is 16.4 Å². The van der Waals surface area contributed by atoms with Crippen molar-refractivity contribution in [2.45, 2.75) is 150 Å². The first-order valence-electron chi connectivity index (χ1n) is 32.0. The van der Waals surface area contributed by atoms with Gasteiger partial charge in [-0.05, 0) is 114 Å². The number of carbonyl (C=O) groups is 3. The van der Waals surface area contributed by atoms with E-state index >= 15 is 0 Å². The second kappa shape index (κ2) is 38.6. The zero-order valence-electron chi connectivity index (χ0n) is 58.3. The molecule has 0 bridgehead atoms. The number of nitrogens with zero attached hydrogens (tertiary/aromatic N) is 11. The van der Waals surface area contributed by atoms with Crippen LogP contribution in [-0.4, -0.2) is 97.6 Å². The Morgan fingerprint density at radius 1 is 0.527 bits per heavy atom. The highest BCUT2D eigenvalue weighted by atomic mass is 79.9. The number of carbonyl (C=O) groups excluding carboxylic acids is 3. The van der Waals surface area contributed by atoms with Gasteiger partial charge < -0.3 is 21.1 Å². The molecule has 45 heteroatoms. The molecule has 4 saturated carbocycles. The molecular weight excluding hydrogens is 1800 g/mol. The van der Waals surface area contributed by atoms with Gasteiger partial charge in [-0.25, -0.2) is 22.4 Å². The zero-order chi connectivity index (χ0) is 84.9. The summed E-state index contributed by atoms with van der Waals surface area (Å²) in [5.74, 6) is -0.743. The Hall–Kier alpha value is -7.11. The van der Waals surface area contributed by atoms with E-state index in [9.17, 15) is 97.8 Å². The van der Waals surface area contributed by atoms with Crippen LogP contribution in [-0.2, 0) is 77.8 Å². The largest absolute Gasteiger partial charge is 0.444 e. The first-order valence-corrected chi connectivity index (χ1v) is 36.5. The molecule has 0 saturated heterocycles. The molecule has 18 nitrogen and oxygen atoms in total. The quantitative estimate of drug-likeness (QED) is 0.0490. The number of nitriles is 2. The molecule has 11 rings (SSSR count). The average Bonchev–Trinajstić information content (AvgIpc) is 1.63. The molecule has 4 aliphatic rings. The first kappa shape index (κ1) is 95.5. The van der Waals surface area contributed by atoms with Gasteiger partial charge in [0.25, 0.3) is 24.0 Å². The van der Waals surface area contributed by atoms with Crippen molar-refractivity contribution in [2.24, 2.45) is 19.8 Å². The standard InChI is InChI=1S/C16H14ClF5N4O.C15H18ClF3N2O2.C10H10ClF3N2.C10H6ClF3N2.C8H4ClF3N2.C6H5ClF2N2O.C2H4Br2/c1-26-6-9(11(25-26)13(18)19)14(27)24-7-15(2-3-15)12-10(17)4-8(5-23-12)16(20,21)22;1-13(2,3)23-12(22)21-8-14(4-5-14)11-10(16)6-9(7-20-11)15(17,18)19;2*11-7-3-6(10(12,13)14)4-16-8(7)9(5-15)1-2-9;9-6-3-5(8(10,11)12)4-14-7(6)1-2-13;1-11-2-3(5(7)12)4(10-11)6(8)9;3-1-2-4/h4-6,13H,2-3,7H2,1H3,(H,24,27);6-7H,4-5,8H2,1-3H3,(H,21,22);3-4H,1-2,5,15H2;3-4H,1-2H2;3-4H,1H2;2,6H,1H3;1-2H2. The van der Waals surface area contributed by atoms with E-state index in [0.717, 1.165) is 88.0 Å². The molecule has 0 aromatic carbocycles. The van der Waals surface area contributed by atoms with E-state index in [4.69, 9.17) is 90.6 Å².